The molecule has 2 N–H and O–H groups in total. The van der Waals surface area contributed by atoms with E-state index < -0.39 is 20.9 Å². The summed E-state index contributed by atoms with van der Waals surface area (Å²) in [5, 5.41) is 14.2. The van der Waals surface area contributed by atoms with E-state index in [0.29, 0.717) is 10.7 Å². The summed E-state index contributed by atoms with van der Waals surface area (Å²) in [5.41, 5.74) is 0.980. The molecule has 0 aliphatic heterocycles. The summed E-state index contributed by atoms with van der Waals surface area (Å²) in [6, 6.07) is 13.9. The second-order valence-corrected chi connectivity index (χ2v) is 8.78. The zero-order valence-electron chi connectivity index (χ0n) is 17.0. The fraction of sp³-hybridized carbons (Fsp3) is 0.0952. The van der Waals surface area contributed by atoms with E-state index in [1.54, 1.807) is 18.2 Å². The summed E-state index contributed by atoms with van der Waals surface area (Å²) in [6.45, 7) is 1.83. The molecule has 0 spiro atoms. The maximum Gasteiger partial charge on any atom is 0.271 e. The van der Waals surface area contributed by atoms with Gasteiger partial charge in [0.1, 0.15) is 5.75 Å². The largest absolute Gasteiger partial charge is 0.495 e. The lowest BCUT2D eigenvalue weighted by Crippen LogP contribution is -2.16. The molecular weight excluding hydrogens is 458 g/mol. The van der Waals surface area contributed by atoms with Gasteiger partial charge in [-0.3, -0.25) is 19.6 Å². The highest BCUT2D eigenvalue weighted by molar-refractivity contribution is 7.92. The number of nitrogens with zero attached hydrogens (tertiary/aromatic N) is 1. The van der Waals surface area contributed by atoms with Gasteiger partial charge < -0.3 is 10.1 Å². The van der Waals surface area contributed by atoms with Crippen LogP contribution in [0, 0.1) is 17.0 Å². The lowest BCUT2D eigenvalue weighted by molar-refractivity contribution is -0.384. The Kier molecular flexibility index (Phi) is 6.66. The number of nitro benzene ring substituents is 1. The smallest absolute Gasteiger partial charge is 0.271 e. The minimum Gasteiger partial charge on any atom is -0.495 e. The Labute approximate surface area is 189 Å². The van der Waals surface area contributed by atoms with Crippen molar-refractivity contribution in [1.82, 2.24) is 0 Å². The van der Waals surface area contributed by atoms with Gasteiger partial charge in [-0.25, -0.2) is 8.42 Å². The quantitative estimate of drug-likeness (QED) is 0.379. The number of nitrogens with one attached hydrogen (secondary N) is 2. The molecule has 32 heavy (non-hydrogen) atoms. The number of benzene rings is 3. The fourth-order valence-corrected chi connectivity index (χ4v) is 4.06. The molecule has 0 saturated heterocycles. The van der Waals surface area contributed by atoms with Crippen molar-refractivity contribution in [1.29, 1.82) is 0 Å². The van der Waals surface area contributed by atoms with Gasteiger partial charge in [-0.05, 0) is 48.9 Å². The van der Waals surface area contributed by atoms with Crippen LogP contribution in [-0.4, -0.2) is 26.4 Å². The SMILES string of the molecule is COc1ccc([N+](=O)[O-])cc1NS(=O)(=O)c1cccc(C(=O)Nc2ccc(C)c(Cl)c2)c1. The number of carbonyl (C=O) groups excluding carboxylic acids is 1. The first-order valence-electron chi connectivity index (χ1n) is 9.13. The molecule has 1 amide bonds. The normalized spacial score (nSPS) is 11.0. The number of methoxy groups -OCH3 is 1. The summed E-state index contributed by atoms with van der Waals surface area (Å²) in [5.74, 6) is -0.431. The van der Waals surface area contributed by atoms with E-state index in [-0.39, 0.29) is 27.6 Å². The summed E-state index contributed by atoms with van der Waals surface area (Å²) >= 11 is 6.07. The standard InChI is InChI=1S/C21H18ClN3O6S/c1-13-6-7-15(11-18(13)22)23-21(26)14-4-3-5-17(10-14)32(29,30)24-19-12-16(25(27)28)8-9-20(19)31-2/h3-12,24H,1-2H3,(H,23,26). The molecule has 0 aliphatic rings. The Bertz CT molecular complexity index is 1310. The van der Waals surface area contributed by atoms with Gasteiger partial charge in [0.05, 0.1) is 22.6 Å². The van der Waals surface area contributed by atoms with E-state index in [9.17, 15) is 23.3 Å². The number of carbonyl (C=O) groups is 1. The van der Waals surface area contributed by atoms with E-state index in [4.69, 9.17) is 16.3 Å². The van der Waals surface area contributed by atoms with Crippen LogP contribution < -0.4 is 14.8 Å². The van der Waals surface area contributed by atoms with E-state index in [2.05, 4.69) is 10.0 Å². The number of sulfonamides is 1. The number of anilines is 2. The Morgan fingerprint density at radius 3 is 2.50 bits per heavy atom. The highest BCUT2D eigenvalue weighted by Crippen LogP contribution is 2.31. The fourth-order valence-electron chi connectivity index (χ4n) is 2.77. The number of hydrogen-bond donors (Lipinski definition) is 2. The molecule has 11 heteroatoms. The van der Waals surface area contributed by atoms with Crippen LogP contribution in [0.25, 0.3) is 0 Å². The molecule has 166 valence electrons. The third-order valence-electron chi connectivity index (χ3n) is 4.47. The second-order valence-electron chi connectivity index (χ2n) is 6.69. The van der Waals surface area contributed by atoms with Crippen molar-refractivity contribution in [3.8, 4) is 5.75 Å². The number of nitro groups is 1. The van der Waals surface area contributed by atoms with Gasteiger partial charge in [0, 0.05) is 28.4 Å². The van der Waals surface area contributed by atoms with Crippen molar-refractivity contribution in [3.63, 3.8) is 0 Å². The van der Waals surface area contributed by atoms with Gasteiger partial charge in [0.2, 0.25) is 0 Å². The lowest BCUT2D eigenvalue weighted by Gasteiger charge is -2.12. The first-order valence-corrected chi connectivity index (χ1v) is 11.0. The number of halogens is 1. The van der Waals surface area contributed by atoms with Crippen LogP contribution in [0.15, 0.2) is 65.6 Å². The molecule has 3 aromatic rings. The summed E-state index contributed by atoms with van der Waals surface area (Å²) < 4.78 is 33.1. The van der Waals surface area contributed by atoms with Crippen LogP contribution in [0.1, 0.15) is 15.9 Å². The molecule has 0 heterocycles. The van der Waals surface area contributed by atoms with Crippen molar-refractivity contribution in [2.45, 2.75) is 11.8 Å². The summed E-state index contributed by atoms with van der Waals surface area (Å²) in [6.07, 6.45) is 0. The highest BCUT2D eigenvalue weighted by atomic mass is 35.5. The van der Waals surface area contributed by atoms with Crippen LogP contribution in [-0.2, 0) is 10.0 Å². The van der Waals surface area contributed by atoms with Crippen molar-refractivity contribution < 1.29 is 22.9 Å². The van der Waals surface area contributed by atoms with Gasteiger partial charge in [0.15, 0.2) is 0 Å². The van der Waals surface area contributed by atoms with Crippen LogP contribution in [0.3, 0.4) is 0 Å². The minimum atomic E-state index is -4.18. The van der Waals surface area contributed by atoms with Crippen LogP contribution in [0.5, 0.6) is 5.75 Å². The Balaban J connectivity index is 1.88. The van der Waals surface area contributed by atoms with Crippen molar-refractivity contribution in [2.24, 2.45) is 0 Å². The topological polar surface area (TPSA) is 128 Å². The first-order chi connectivity index (χ1) is 15.1. The molecular formula is C21H18ClN3O6S. The Hall–Kier alpha value is -3.63. The molecule has 0 fully saturated rings. The predicted octanol–water partition coefficient (Wildman–Crippen LogP) is 4.62. The van der Waals surface area contributed by atoms with Crippen molar-refractivity contribution in [3.05, 3.63) is 86.9 Å². The third kappa shape index (κ3) is 5.16. The predicted molar refractivity (Wildman–Crippen MR) is 121 cm³/mol. The molecule has 0 radical (unpaired) electrons. The summed E-state index contributed by atoms with van der Waals surface area (Å²) in [7, 11) is -2.88. The second kappa shape index (κ2) is 9.25. The number of amides is 1. The van der Waals surface area contributed by atoms with Crippen LogP contribution in [0.2, 0.25) is 5.02 Å². The molecule has 0 atom stereocenters. The van der Waals surface area contributed by atoms with Gasteiger partial charge in [-0.1, -0.05) is 23.7 Å². The van der Waals surface area contributed by atoms with Crippen LogP contribution in [0.4, 0.5) is 17.1 Å². The van der Waals surface area contributed by atoms with E-state index >= 15 is 0 Å². The van der Waals surface area contributed by atoms with Crippen LogP contribution >= 0.6 is 11.6 Å². The number of aryl methyl sites for hydroxylation is 1. The number of rotatable bonds is 7. The average molecular weight is 476 g/mol. The average Bonchev–Trinajstić information content (AvgIpc) is 2.76. The summed E-state index contributed by atoms with van der Waals surface area (Å²) in [4.78, 5) is 22.8. The monoisotopic (exact) mass is 475 g/mol. The molecule has 0 aromatic heterocycles. The zero-order chi connectivity index (χ0) is 23.5. The Morgan fingerprint density at radius 1 is 1.09 bits per heavy atom. The molecule has 0 saturated carbocycles. The van der Waals surface area contributed by atoms with E-state index in [0.717, 1.165) is 11.6 Å². The first kappa shape index (κ1) is 23.0. The Morgan fingerprint density at radius 2 is 1.84 bits per heavy atom. The van der Waals surface area contributed by atoms with E-state index in [1.165, 1.54) is 43.5 Å². The third-order valence-corrected chi connectivity index (χ3v) is 6.24. The molecule has 3 aromatic carbocycles. The number of hydrogen-bond acceptors (Lipinski definition) is 6. The van der Waals surface area contributed by atoms with Crippen molar-refractivity contribution in [2.75, 3.05) is 17.1 Å². The molecule has 0 aliphatic carbocycles. The molecule has 0 unspecified atom stereocenters. The van der Waals surface area contributed by atoms with E-state index in [1.807, 2.05) is 6.92 Å². The van der Waals surface area contributed by atoms with Crippen molar-refractivity contribution >= 4 is 44.6 Å². The molecule has 3 rings (SSSR count). The van der Waals surface area contributed by atoms with Gasteiger partial charge >= 0.3 is 0 Å². The van der Waals surface area contributed by atoms with Gasteiger partial charge in [-0.2, -0.15) is 0 Å². The lowest BCUT2D eigenvalue weighted by atomic mass is 10.2. The minimum absolute atomic E-state index is 0.0931. The molecule has 0 bridgehead atoms. The highest BCUT2D eigenvalue weighted by Gasteiger charge is 2.20. The number of non-ortho nitro benzene ring substituents is 1. The zero-order valence-corrected chi connectivity index (χ0v) is 18.5. The van der Waals surface area contributed by atoms with Gasteiger partial charge in [0.25, 0.3) is 21.6 Å². The maximum atomic E-state index is 12.9. The molecule has 9 nitrogen and oxygen atoms in total. The maximum absolute atomic E-state index is 12.9. The number of ether oxygens (including phenoxy) is 1. The van der Waals surface area contributed by atoms with Gasteiger partial charge in [-0.15, -0.1) is 0 Å².